The zero-order chi connectivity index (χ0) is 23.9. The molecule has 1 aliphatic carbocycles. The van der Waals surface area contributed by atoms with Crippen LogP contribution in [0.25, 0.3) is 21.6 Å². The number of hydrogen-bond acceptors (Lipinski definition) is 9. The van der Waals surface area contributed by atoms with Crippen LogP contribution in [0.15, 0.2) is 48.0 Å². The van der Waals surface area contributed by atoms with Crippen LogP contribution >= 0.6 is 11.3 Å². The predicted molar refractivity (Wildman–Crippen MR) is 127 cm³/mol. The molecule has 1 aliphatic rings. The number of fused-ring (bicyclic) bond motifs is 1. The summed E-state index contributed by atoms with van der Waals surface area (Å²) in [5.41, 5.74) is 2.57. The Morgan fingerprint density at radius 2 is 2.03 bits per heavy atom. The number of nitrogens with one attached hydrogen (secondary N) is 3. The summed E-state index contributed by atoms with van der Waals surface area (Å²) in [7, 11) is -3.83. The average molecular weight is 494 g/mol. The first-order valence-electron chi connectivity index (χ1n) is 10.4. The molecule has 0 aromatic carbocycles. The summed E-state index contributed by atoms with van der Waals surface area (Å²) in [5, 5.41) is 13.9. The molecule has 0 spiro atoms. The van der Waals surface area contributed by atoms with Gasteiger partial charge in [-0.1, -0.05) is 0 Å². The molecule has 5 rings (SSSR count). The number of sulfonamides is 1. The van der Waals surface area contributed by atoms with Gasteiger partial charge in [-0.25, -0.2) is 28.1 Å². The van der Waals surface area contributed by atoms with Gasteiger partial charge >= 0.3 is 0 Å². The molecule has 4 heterocycles. The molecule has 1 fully saturated rings. The van der Waals surface area contributed by atoms with Crippen molar-refractivity contribution < 1.29 is 13.2 Å². The molecule has 4 aromatic heterocycles. The van der Waals surface area contributed by atoms with Crippen molar-refractivity contribution in [3.05, 3.63) is 53.4 Å². The number of anilines is 1. The fraction of sp³-hybridized carbons (Fsp3) is 0.227. The smallest absolute Gasteiger partial charge is 0.258 e. The zero-order valence-corrected chi connectivity index (χ0v) is 19.6. The second-order valence-corrected chi connectivity index (χ2v) is 10.7. The quantitative estimate of drug-likeness (QED) is 0.332. The monoisotopic (exact) mass is 493 g/mol. The normalized spacial score (nSPS) is 17.8. The SMILES string of the molecule is CC(=O)c1cnc(-c2cnc3[nH]ccc3c2N[C@H]2C[C@H](NS(=O)(=O)c3cc(C#N)ccn3)C2)s1. The second-order valence-electron chi connectivity index (χ2n) is 8.00. The van der Waals surface area contributed by atoms with E-state index in [4.69, 9.17) is 5.26 Å². The van der Waals surface area contributed by atoms with Gasteiger partial charge in [-0.3, -0.25) is 4.79 Å². The molecule has 3 N–H and O–H groups in total. The summed E-state index contributed by atoms with van der Waals surface area (Å²) >= 11 is 1.31. The van der Waals surface area contributed by atoms with Crippen LogP contribution in [-0.4, -0.2) is 46.2 Å². The molecule has 0 unspecified atom stereocenters. The van der Waals surface area contributed by atoms with E-state index in [0.717, 1.165) is 22.3 Å². The third-order valence-corrected chi connectivity index (χ3v) is 8.17. The molecule has 0 bridgehead atoms. The van der Waals surface area contributed by atoms with Crippen LogP contribution in [-0.2, 0) is 10.0 Å². The van der Waals surface area contributed by atoms with Crippen molar-refractivity contribution in [3.8, 4) is 16.6 Å². The largest absolute Gasteiger partial charge is 0.381 e. The van der Waals surface area contributed by atoms with E-state index in [1.807, 2.05) is 12.1 Å². The maximum absolute atomic E-state index is 12.7. The van der Waals surface area contributed by atoms with Gasteiger partial charge in [-0.05, 0) is 31.0 Å². The molecule has 0 radical (unpaired) electrons. The molecule has 12 heteroatoms. The number of nitriles is 1. The standard InChI is InChI=1S/C22H19N7O3S2/c1-12(30)18-11-27-22(33-18)17-10-26-21-16(3-5-25-21)20(17)28-14-7-15(8-14)29-34(31,32)19-6-13(9-23)2-4-24-19/h2-6,10-11,14-15,29H,7-8H2,1H3,(H2,25,26,28)/t14-,15-. The minimum Gasteiger partial charge on any atom is -0.381 e. The molecule has 34 heavy (non-hydrogen) atoms. The molecular weight excluding hydrogens is 474 g/mol. The predicted octanol–water partition coefficient (Wildman–Crippen LogP) is 3.08. The number of rotatable bonds is 7. The van der Waals surface area contributed by atoms with E-state index in [1.165, 1.54) is 36.6 Å². The lowest BCUT2D eigenvalue weighted by Crippen LogP contribution is -2.49. The Balaban J connectivity index is 1.33. The number of nitrogens with zero attached hydrogens (tertiary/aromatic N) is 4. The number of aromatic nitrogens is 4. The van der Waals surface area contributed by atoms with Gasteiger partial charge in [-0.15, -0.1) is 11.3 Å². The molecule has 4 aromatic rings. The van der Waals surface area contributed by atoms with Crippen LogP contribution in [0.1, 0.15) is 35.0 Å². The van der Waals surface area contributed by atoms with Crippen molar-refractivity contribution in [2.45, 2.75) is 36.9 Å². The Kier molecular flexibility index (Phi) is 5.60. The van der Waals surface area contributed by atoms with Crippen LogP contribution in [0.4, 0.5) is 5.69 Å². The number of pyridine rings is 2. The van der Waals surface area contributed by atoms with Crippen molar-refractivity contribution in [1.29, 1.82) is 5.26 Å². The maximum atomic E-state index is 12.7. The van der Waals surface area contributed by atoms with Gasteiger partial charge in [0.2, 0.25) is 0 Å². The molecule has 1 saturated carbocycles. The Morgan fingerprint density at radius 1 is 1.21 bits per heavy atom. The second kappa shape index (κ2) is 8.60. The first-order valence-corrected chi connectivity index (χ1v) is 12.7. The van der Waals surface area contributed by atoms with Crippen LogP contribution in [0.2, 0.25) is 0 Å². The van der Waals surface area contributed by atoms with E-state index in [0.29, 0.717) is 22.7 Å². The number of thiazole rings is 1. The van der Waals surface area contributed by atoms with Gasteiger partial charge < -0.3 is 10.3 Å². The highest BCUT2D eigenvalue weighted by molar-refractivity contribution is 7.89. The van der Waals surface area contributed by atoms with Gasteiger partial charge in [-0.2, -0.15) is 5.26 Å². The summed E-state index contributed by atoms with van der Waals surface area (Å²) < 4.78 is 28.0. The minimum absolute atomic E-state index is 0.0255. The molecule has 10 nitrogen and oxygen atoms in total. The molecule has 0 aliphatic heterocycles. The fourth-order valence-corrected chi connectivity index (χ4v) is 5.89. The van der Waals surface area contributed by atoms with E-state index >= 15 is 0 Å². The number of aromatic amines is 1. The number of Topliss-reactive ketones (excluding diaryl/α,β-unsaturated/α-hetero) is 1. The van der Waals surface area contributed by atoms with E-state index in [9.17, 15) is 13.2 Å². The van der Waals surface area contributed by atoms with Gasteiger partial charge in [0.25, 0.3) is 10.0 Å². The number of ketones is 1. The summed E-state index contributed by atoms with van der Waals surface area (Å²) in [4.78, 5) is 28.1. The molecule has 0 atom stereocenters. The Morgan fingerprint density at radius 3 is 2.76 bits per heavy atom. The highest BCUT2D eigenvalue weighted by Crippen LogP contribution is 2.38. The Bertz CT molecular complexity index is 1550. The molecule has 0 amide bonds. The lowest BCUT2D eigenvalue weighted by atomic mass is 9.87. The van der Waals surface area contributed by atoms with Crippen molar-refractivity contribution in [2.24, 2.45) is 0 Å². The molecule has 172 valence electrons. The van der Waals surface area contributed by atoms with Gasteiger partial charge in [0.1, 0.15) is 10.7 Å². The van der Waals surface area contributed by atoms with Crippen LogP contribution in [0.3, 0.4) is 0 Å². The van der Waals surface area contributed by atoms with E-state index < -0.39 is 10.0 Å². The zero-order valence-electron chi connectivity index (χ0n) is 17.9. The summed E-state index contributed by atoms with van der Waals surface area (Å²) in [6.07, 6.45) is 7.54. The average Bonchev–Trinajstić information content (AvgIpc) is 3.47. The Labute approximate surface area is 199 Å². The highest BCUT2D eigenvalue weighted by Gasteiger charge is 2.34. The highest BCUT2D eigenvalue weighted by atomic mass is 32.2. The summed E-state index contributed by atoms with van der Waals surface area (Å²) in [5.74, 6) is -0.0437. The lowest BCUT2D eigenvalue weighted by molar-refractivity contribution is 0.102. The van der Waals surface area contributed by atoms with Crippen LogP contribution < -0.4 is 10.0 Å². The van der Waals surface area contributed by atoms with Crippen molar-refractivity contribution in [3.63, 3.8) is 0 Å². The van der Waals surface area contributed by atoms with Gasteiger partial charge in [0.15, 0.2) is 10.8 Å². The number of hydrogen-bond donors (Lipinski definition) is 3. The molecular formula is C22H19N7O3S2. The van der Waals surface area contributed by atoms with E-state index in [-0.39, 0.29) is 28.5 Å². The van der Waals surface area contributed by atoms with Gasteiger partial charge in [0, 0.05) is 49.2 Å². The topological polar surface area (TPSA) is 154 Å². The van der Waals surface area contributed by atoms with Crippen LogP contribution in [0, 0.1) is 11.3 Å². The van der Waals surface area contributed by atoms with Crippen molar-refractivity contribution >= 4 is 43.9 Å². The number of carbonyl (C=O) groups is 1. The third-order valence-electron chi connectivity index (χ3n) is 5.62. The third kappa shape index (κ3) is 4.16. The van der Waals surface area contributed by atoms with Crippen LogP contribution in [0.5, 0.6) is 0 Å². The molecule has 0 saturated heterocycles. The fourth-order valence-electron chi connectivity index (χ4n) is 3.83. The maximum Gasteiger partial charge on any atom is 0.258 e. The van der Waals surface area contributed by atoms with Gasteiger partial charge in [0.05, 0.1) is 27.8 Å². The lowest BCUT2D eigenvalue weighted by Gasteiger charge is -2.37. The van der Waals surface area contributed by atoms with E-state index in [1.54, 1.807) is 18.6 Å². The summed E-state index contributed by atoms with van der Waals surface area (Å²) in [6, 6.07) is 6.32. The Hall–Kier alpha value is -3.66. The number of H-pyrrole nitrogens is 1. The van der Waals surface area contributed by atoms with E-state index in [2.05, 4.69) is 30.0 Å². The number of carbonyl (C=O) groups excluding carboxylic acids is 1. The summed E-state index contributed by atoms with van der Waals surface area (Å²) in [6.45, 7) is 1.51. The minimum atomic E-state index is -3.83. The van der Waals surface area contributed by atoms with Crippen molar-refractivity contribution in [2.75, 3.05) is 5.32 Å². The van der Waals surface area contributed by atoms with Crippen molar-refractivity contribution in [1.82, 2.24) is 24.7 Å². The first-order chi connectivity index (χ1) is 16.3. The first kappa shape index (κ1) is 22.1.